The molecule has 0 spiro atoms. The molecule has 0 saturated heterocycles. The van der Waals surface area contributed by atoms with Crippen LogP contribution in [-0.4, -0.2) is 49.7 Å². The molecule has 0 radical (unpaired) electrons. The van der Waals surface area contributed by atoms with E-state index in [1.165, 1.54) is 0 Å². The Bertz CT molecular complexity index is 995. The fourth-order valence-electron chi connectivity index (χ4n) is 3.89. The van der Waals surface area contributed by atoms with Crippen molar-refractivity contribution in [2.75, 3.05) is 6.61 Å². The number of carbonyl (C=O) groups excluding carboxylic acids is 1. The number of rotatable bonds is 8. The van der Waals surface area contributed by atoms with Gasteiger partial charge in [-0.3, -0.25) is 14.3 Å². The predicted octanol–water partition coefficient (Wildman–Crippen LogP) is 3.73. The van der Waals surface area contributed by atoms with Crippen molar-refractivity contribution in [1.82, 2.24) is 20.0 Å². The Morgan fingerprint density at radius 2 is 2.00 bits per heavy atom. The minimum Gasteiger partial charge on any atom is -0.489 e. The van der Waals surface area contributed by atoms with Crippen LogP contribution in [0.15, 0.2) is 12.1 Å². The molecule has 1 N–H and O–H groups in total. The molecule has 0 aromatic carbocycles. The minimum absolute atomic E-state index is 0.0562. The number of esters is 1. The van der Waals surface area contributed by atoms with E-state index in [2.05, 4.69) is 36.1 Å². The molecule has 9 heteroatoms. The number of pyridine rings is 1. The van der Waals surface area contributed by atoms with Crippen LogP contribution in [0.4, 0.5) is 0 Å². The summed E-state index contributed by atoms with van der Waals surface area (Å²) in [6.45, 7) is 8.52. The molecule has 0 bridgehead atoms. The zero-order valence-electron chi connectivity index (χ0n) is 20.1. The highest BCUT2D eigenvalue weighted by Crippen LogP contribution is 2.30. The number of carbonyl (C=O) groups is 2. The number of carboxylic acid groups (broad SMARTS) is 1. The highest BCUT2D eigenvalue weighted by Gasteiger charge is 2.28. The average molecular weight is 459 g/mol. The molecule has 1 saturated carbocycles. The van der Waals surface area contributed by atoms with E-state index in [4.69, 9.17) is 9.47 Å². The van der Waals surface area contributed by atoms with E-state index in [-0.39, 0.29) is 29.8 Å². The monoisotopic (exact) mass is 458 g/mol. The number of aliphatic carboxylic acids is 1. The summed E-state index contributed by atoms with van der Waals surface area (Å²) in [5.41, 5.74) is 2.53. The molecule has 0 aliphatic heterocycles. The van der Waals surface area contributed by atoms with Gasteiger partial charge in [0, 0.05) is 7.05 Å². The van der Waals surface area contributed by atoms with Gasteiger partial charge < -0.3 is 14.6 Å². The second-order valence-corrected chi connectivity index (χ2v) is 9.94. The number of aryl methyl sites for hydroxylation is 2. The molecule has 0 unspecified atom stereocenters. The van der Waals surface area contributed by atoms with Crippen LogP contribution in [0.5, 0.6) is 5.75 Å². The Morgan fingerprint density at radius 1 is 1.24 bits per heavy atom. The van der Waals surface area contributed by atoms with Gasteiger partial charge >= 0.3 is 11.9 Å². The fourth-order valence-corrected chi connectivity index (χ4v) is 3.89. The average Bonchev–Trinajstić information content (AvgIpc) is 3.09. The van der Waals surface area contributed by atoms with Crippen molar-refractivity contribution in [2.24, 2.45) is 18.4 Å². The van der Waals surface area contributed by atoms with E-state index in [1.807, 2.05) is 13.0 Å². The summed E-state index contributed by atoms with van der Waals surface area (Å²) < 4.78 is 13.1. The highest BCUT2D eigenvalue weighted by molar-refractivity contribution is 5.75. The number of hydrogen-bond donors (Lipinski definition) is 1. The van der Waals surface area contributed by atoms with Gasteiger partial charge in [-0.05, 0) is 56.6 Å². The van der Waals surface area contributed by atoms with E-state index >= 15 is 0 Å². The zero-order valence-corrected chi connectivity index (χ0v) is 20.1. The molecule has 2 aromatic rings. The molecule has 3 rings (SSSR count). The van der Waals surface area contributed by atoms with Crippen molar-refractivity contribution >= 4 is 11.9 Å². The molecule has 1 aliphatic rings. The Hall–Kier alpha value is -2.97. The van der Waals surface area contributed by atoms with Gasteiger partial charge in [0.2, 0.25) is 0 Å². The highest BCUT2D eigenvalue weighted by atomic mass is 16.5. The first-order valence-electron chi connectivity index (χ1n) is 11.4. The Balaban J connectivity index is 1.68. The standard InChI is InChI=1S/C24H34N4O5/c1-15-20(33-17-8-6-7-16(13-17)23(30)31)10-9-18(25-15)22-19(28(5)27-26-22)14-21(29)32-12-11-24(2,3)4/h9-10,16-17H,6-8,11-14H2,1-5H3,(H,30,31)/t16-,17-/m0/s1. The largest absolute Gasteiger partial charge is 0.489 e. The Morgan fingerprint density at radius 3 is 2.67 bits per heavy atom. The van der Waals surface area contributed by atoms with Crippen molar-refractivity contribution in [3.63, 3.8) is 0 Å². The lowest BCUT2D eigenvalue weighted by Gasteiger charge is -2.27. The summed E-state index contributed by atoms with van der Waals surface area (Å²) in [6.07, 6.45) is 3.56. The summed E-state index contributed by atoms with van der Waals surface area (Å²) in [4.78, 5) is 28.3. The van der Waals surface area contributed by atoms with Crippen molar-refractivity contribution in [3.05, 3.63) is 23.5 Å². The quantitative estimate of drug-likeness (QED) is 0.595. The third-order valence-corrected chi connectivity index (χ3v) is 5.92. The van der Waals surface area contributed by atoms with E-state index in [0.29, 0.717) is 48.0 Å². The molecular weight excluding hydrogens is 424 g/mol. The van der Waals surface area contributed by atoms with E-state index in [9.17, 15) is 14.7 Å². The van der Waals surface area contributed by atoms with Crippen molar-refractivity contribution in [2.45, 2.75) is 72.3 Å². The van der Waals surface area contributed by atoms with Crippen molar-refractivity contribution in [3.8, 4) is 17.1 Å². The first kappa shape index (κ1) is 24.7. The van der Waals surface area contributed by atoms with Crippen molar-refractivity contribution in [1.29, 1.82) is 0 Å². The predicted molar refractivity (Wildman–Crippen MR) is 122 cm³/mol. The molecule has 1 aliphatic carbocycles. The number of hydrogen-bond acceptors (Lipinski definition) is 7. The van der Waals surface area contributed by atoms with E-state index in [0.717, 1.165) is 19.3 Å². The molecule has 0 amide bonds. The van der Waals surface area contributed by atoms with Crippen LogP contribution >= 0.6 is 0 Å². The van der Waals surface area contributed by atoms with Gasteiger partial charge in [0.15, 0.2) is 0 Å². The summed E-state index contributed by atoms with van der Waals surface area (Å²) in [7, 11) is 1.74. The van der Waals surface area contributed by atoms with E-state index in [1.54, 1.807) is 17.8 Å². The number of carboxylic acids is 1. The van der Waals surface area contributed by atoms with Crippen LogP contribution in [-0.2, 0) is 27.8 Å². The normalized spacial score (nSPS) is 18.7. The lowest BCUT2D eigenvalue weighted by atomic mass is 9.87. The van der Waals surface area contributed by atoms with Gasteiger partial charge in [-0.2, -0.15) is 0 Å². The van der Waals surface area contributed by atoms with Gasteiger partial charge in [-0.25, -0.2) is 4.98 Å². The maximum Gasteiger partial charge on any atom is 0.311 e. The number of ether oxygens (including phenoxy) is 2. The van der Waals surface area contributed by atoms with Crippen LogP contribution in [0, 0.1) is 18.3 Å². The van der Waals surface area contributed by atoms with Crippen LogP contribution < -0.4 is 4.74 Å². The summed E-state index contributed by atoms with van der Waals surface area (Å²) >= 11 is 0. The molecule has 33 heavy (non-hydrogen) atoms. The van der Waals surface area contributed by atoms with Crippen LogP contribution in [0.1, 0.15) is 64.3 Å². The smallest absolute Gasteiger partial charge is 0.311 e. The SMILES string of the molecule is Cc1nc(-c2nnn(C)c2CC(=O)OCCC(C)(C)C)ccc1O[C@H]1CCC[C@H](C(=O)O)C1. The summed E-state index contributed by atoms with van der Waals surface area (Å²) in [6, 6.07) is 3.61. The third-order valence-electron chi connectivity index (χ3n) is 5.92. The maximum absolute atomic E-state index is 12.4. The third kappa shape index (κ3) is 6.76. The van der Waals surface area contributed by atoms with E-state index < -0.39 is 5.97 Å². The number of aromatic nitrogens is 4. The first-order valence-corrected chi connectivity index (χ1v) is 11.4. The van der Waals surface area contributed by atoms with Crippen LogP contribution in [0.2, 0.25) is 0 Å². The van der Waals surface area contributed by atoms with Crippen molar-refractivity contribution < 1.29 is 24.2 Å². The molecule has 180 valence electrons. The summed E-state index contributed by atoms with van der Waals surface area (Å²) in [5.74, 6) is -0.822. The second kappa shape index (κ2) is 10.3. The fraction of sp³-hybridized carbons (Fsp3) is 0.625. The Labute approximate surface area is 194 Å². The molecule has 2 aromatic heterocycles. The van der Waals surface area contributed by atoms with Gasteiger partial charge in [-0.1, -0.05) is 26.0 Å². The number of nitrogens with zero attached hydrogens (tertiary/aromatic N) is 4. The Kier molecular flexibility index (Phi) is 7.71. The molecule has 1 fully saturated rings. The lowest BCUT2D eigenvalue weighted by molar-refractivity contribution is -0.144. The second-order valence-electron chi connectivity index (χ2n) is 9.94. The molecule has 2 heterocycles. The lowest BCUT2D eigenvalue weighted by Crippen LogP contribution is -2.29. The molecule has 9 nitrogen and oxygen atoms in total. The maximum atomic E-state index is 12.4. The van der Waals surface area contributed by atoms with Gasteiger partial charge in [0.25, 0.3) is 0 Å². The summed E-state index contributed by atoms with van der Waals surface area (Å²) in [5, 5.41) is 17.6. The van der Waals surface area contributed by atoms with Gasteiger partial charge in [-0.15, -0.1) is 5.10 Å². The van der Waals surface area contributed by atoms with Gasteiger partial charge in [0.1, 0.15) is 11.4 Å². The first-order chi connectivity index (χ1) is 15.5. The van der Waals surface area contributed by atoms with Crippen LogP contribution in [0.3, 0.4) is 0 Å². The molecular formula is C24H34N4O5. The zero-order chi connectivity index (χ0) is 24.2. The minimum atomic E-state index is -0.763. The van der Waals surface area contributed by atoms with Gasteiger partial charge in [0.05, 0.1) is 42.1 Å². The topological polar surface area (TPSA) is 116 Å². The molecule has 2 atom stereocenters. The van der Waals surface area contributed by atoms with Crippen LogP contribution in [0.25, 0.3) is 11.4 Å².